The van der Waals surface area contributed by atoms with Gasteiger partial charge in [-0.2, -0.15) is 4.31 Å². The number of carbonyl (C=O) groups is 1. The van der Waals surface area contributed by atoms with Gasteiger partial charge in [0.1, 0.15) is 0 Å². The molecule has 0 spiro atoms. The summed E-state index contributed by atoms with van der Waals surface area (Å²) in [7, 11) is -3.79. The third kappa shape index (κ3) is 3.08. The van der Waals surface area contributed by atoms with Crippen LogP contribution in [0.5, 0.6) is 0 Å². The van der Waals surface area contributed by atoms with Crippen LogP contribution in [0.15, 0.2) is 44.5 Å². The van der Waals surface area contributed by atoms with Crippen molar-refractivity contribution >= 4 is 27.1 Å². The van der Waals surface area contributed by atoms with E-state index in [1.807, 2.05) is 19.1 Å². The van der Waals surface area contributed by atoms with Crippen LogP contribution in [-0.4, -0.2) is 43.4 Å². The first-order valence-electron chi connectivity index (χ1n) is 9.29. The second kappa shape index (κ2) is 6.89. The number of esters is 1. The fourth-order valence-corrected chi connectivity index (χ4v) is 5.82. The van der Waals surface area contributed by atoms with Crippen LogP contribution < -0.4 is 5.76 Å². The lowest BCUT2D eigenvalue weighted by Gasteiger charge is -2.32. The van der Waals surface area contributed by atoms with Gasteiger partial charge in [-0.15, -0.1) is 0 Å². The van der Waals surface area contributed by atoms with Gasteiger partial charge in [-0.25, -0.2) is 13.2 Å². The molecule has 1 saturated heterocycles. The van der Waals surface area contributed by atoms with Gasteiger partial charge in [0.15, 0.2) is 5.58 Å². The van der Waals surface area contributed by atoms with E-state index in [1.165, 1.54) is 22.5 Å². The molecule has 1 fully saturated rings. The molecule has 4 rings (SSSR count). The molecule has 1 aliphatic heterocycles. The zero-order chi connectivity index (χ0) is 20.1. The number of fused-ring (bicyclic) bond motifs is 2. The number of oxazole rings is 1. The van der Waals surface area contributed by atoms with Gasteiger partial charge in [-0.05, 0) is 36.8 Å². The predicted molar refractivity (Wildman–Crippen MR) is 101 cm³/mol. The predicted octanol–water partition coefficient (Wildman–Crippen LogP) is 1.74. The SMILES string of the molecule is CCOC(=O)[C@H]1[C@@H]2CN(S(=O)(=O)c3ccc4[nH]c(=O)oc4c3)C[C@@H]2C=C[C@@H]1C. The maximum atomic E-state index is 13.2. The molecule has 1 aromatic carbocycles. The Hall–Kier alpha value is -2.39. The molecule has 150 valence electrons. The van der Waals surface area contributed by atoms with Crippen molar-refractivity contribution in [1.82, 2.24) is 9.29 Å². The zero-order valence-corrected chi connectivity index (χ0v) is 16.4. The molecule has 1 N–H and O–H groups in total. The van der Waals surface area contributed by atoms with E-state index in [-0.39, 0.29) is 46.7 Å². The Balaban J connectivity index is 1.64. The summed E-state index contributed by atoms with van der Waals surface area (Å²) in [6.07, 6.45) is 3.98. The van der Waals surface area contributed by atoms with Crippen LogP contribution in [0.2, 0.25) is 0 Å². The summed E-state index contributed by atoms with van der Waals surface area (Å²) in [5.74, 6) is -1.43. The molecule has 0 unspecified atom stereocenters. The number of allylic oxidation sites excluding steroid dienone is 1. The van der Waals surface area contributed by atoms with Crippen LogP contribution in [0.25, 0.3) is 11.1 Å². The van der Waals surface area contributed by atoms with Crippen molar-refractivity contribution in [1.29, 1.82) is 0 Å². The van der Waals surface area contributed by atoms with E-state index in [1.54, 1.807) is 6.92 Å². The number of sulfonamides is 1. The minimum atomic E-state index is -3.79. The van der Waals surface area contributed by atoms with Crippen LogP contribution in [-0.2, 0) is 19.6 Å². The van der Waals surface area contributed by atoms with Crippen LogP contribution in [0.4, 0.5) is 0 Å². The molecule has 0 amide bonds. The molecule has 0 saturated carbocycles. The van der Waals surface area contributed by atoms with Gasteiger partial charge < -0.3 is 9.15 Å². The van der Waals surface area contributed by atoms with E-state index in [9.17, 15) is 18.0 Å². The first-order chi connectivity index (χ1) is 13.3. The van der Waals surface area contributed by atoms with Gasteiger partial charge in [0.2, 0.25) is 10.0 Å². The lowest BCUT2D eigenvalue weighted by Crippen LogP contribution is -2.37. The van der Waals surface area contributed by atoms with Crippen molar-refractivity contribution < 1.29 is 22.4 Å². The molecular weight excluding hydrogens is 384 g/mol. The summed E-state index contributed by atoms with van der Waals surface area (Å²) in [4.78, 5) is 26.3. The first kappa shape index (κ1) is 18.9. The highest BCUT2D eigenvalue weighted by Crippen LogP contribution is 2.41. The summed E-state index contributed by atoms with van der Waals surface area (Å²) in [5, 5.41) is 0. The topological polar surface area (TPSA) is 110 Å². The lowest BCUT2D eigenvalue weighted by molar-refractivity contribution is -0.152. The molecule has 0 radical (unpaired) electrons. The van der Waals surface area contributed by atoms with Gasteiger partial charge in [-0.3, -0.25) is 9.78 Å². The second-order valence-electron chi connectivity index (χ2n) is 7.34. The van der Waals surface area contributed by atoms with E-state index >= 15 is 0 Å². The maximum Gasteiger partial charge on any atom is 0.417 e. The number of nitrogens with zero attached hydrogens (tertiary/aromatic N) is 1. The molecule has 2 heterocycles. The van der Waals surface area contributed by atoms with Crippen LogP contribution >= 0.6 is 0 Å². The molecule has 8 nitrogen and oxygen atoms in total. The summed E-state index contributed by atoms with van der Waals surface area (Å²) in [5.41, 5.74) is 0.638. The molecule has 28 heavy (non-hydrogen) atoms. The number of hydrogen-bond donors (Lipinski definition) is 1. The van der Waals surface area contributed by atoms with E-state index in [0.29, 0.717) is 18.7 Å². The summed E-state index contributed by atoms with van der Waals surface area (Å²) in [6, 6.07) is 4.32. The van der Waals surface area contributed by atoms with Gasteiger partial charge in [0.05, 0.1) is 22.9 Å². The molecule has 2 aliphatic rings. The van der Waals surface area contributed by atoms with Crippen molar-refractivity contribution in [2.24, 2.45) is 23.7 Å². The molecule has 0 bridgehead atoms. The normalized spacial score (nSPS) is 27.8. The van der Waals surface area contributed by atoms with E-state index < -0.39 is 15.8 Å². The Labute approximate surface area is 162 Å². The zero-order valence-electron chi connectivity index (χ0n) is 15.6. The Morgan fingerprint density at radius 2 is 2.11 bits per heavy atom. The molecule has 2 aromatic rings. The molecular formula is C19H22N2O6S. The highest BCUT2D eigenvalue weighted by Gasteiger charge is 2.47. The maximum absolute atomic E-state index is 13.2. The Kier molecular flexibility index (Phi) is 4.67. The fraction of sp³-hybridized carbons (Fsp3) is 0.474. The summed E-state index contributed by atoms with van der Waals surface area (Å²) < 4.78 is 38.0. The lowest BCUT2D eigenvalue weighted by atomic mass is 9.73. The third-order valence-electron chi connectivity index (χ3n) is 5.66. The summed E-state index contributed by atoms with van der Waals surface area (Å²) in [6.45, 7) is 4.57. The molecule has 1 aromatic heterocycles. The first-order valence-corrected chi connectivity index (χ1v) is 10.7. The Morgan fingerprint density at radius 1 is 1.32 bits per heavy atom. The number of ether oxygens (including phenoxy) is 1. The Morgan fingerprint density at radius 3 is 2.86 bits per heavy atom. The largest absolute Gasteiger partial charge is 0.466 e. The molecule has 1 aliphatic carbocycles. The molecule has 4 atom stereocenters. The number of hydrogen-bond acceptors (Lipinski definition) is 6. The number of H-pyrrole nitrogens is 1. The van der Waals surface area contributed by atoms with Crippen molar-refractivity contribution in [2.75, 3.05) is 19.7 Å². The average molecular weight is 406 g/mol. The number of nitrogens with one attached hydrogen (secondary N) is 1. The average Bonchev–Trinajstić information content (AvgIpc) is 3.23. The van der Waals surface area contributed by atoms with Gasteiger partial charge in [-0.1, -0.05) is 19.1 Å². The minimum absolute atomic E-state index is 0.00608. The van der Waals surface area contributed by atoms with Crippen molar-refractivity contribution in [3.05, 3.63) is 40.9 Å². The highest BCUT2D eigenvalue weighted by molar-refractivity contribution is 7.89. The number of rotatable bonds is 4. The van der Waals surface area contributed by atoms with Gasteiger partial charge in [0.25, 0.3) is 0 Å². The standard InChI is InChI=1S/C19H22N2O6S/c1-3-26-18(22)17-11(2)4-5-12-9-21(10-14(12)17)28(24,25)13-6-7-15-16(8-13)27-19(23)20-15/h4-8,11-12,14,17H,3,9-10H2,1-2H3,(H,20,23)/t11-,12-,14+,17+/m0/s1. The molecule has 9 heteroatoms. The van der Waals surface area contributed by atoms with Crippen molar-refractivity contribution in [2.45, 2.75) is 18.7 Å². The number of carbonyl (C=O) groups excluding carboxylic acids is 1. The van der Waals surface area contributed by atoms with Crippen LogP contribution in [0.1, 0.15) is 13.8 Å². The highest BCUT2D eigenvalue weighted by atomic mass is 32.2. The van der Waals surface area contributed by atoms with Crippen LogP contribution in [0.3, 0.4) is 0 Å². The van der Waals surface area contributed by atoms with Crippen LogP contribution in [0, 0.1) is 23.7 Å². The summed E-state index contributed by atoms with van der Waals surface area (Å²) >= 11 is 0. The third-order valence-corrected chi connectivity index (χ3v) is 7.49. The monoisotopic (exact) mass is 406 g/mol. The van der Waals surface area contributed by atoms with E-state index in [4.69, 9.17) is 9.15 Å². The smallest absolute Gasteiger partial charge is 0.417 e. The minimum Gasteiger partial charge on any atom is -0.466 e. The number of benzene rings is 1. The van der Waals surface area contributed by atoms with Crippen molar-refractivity contribution in [3.8, 4) is 0 Å². The second-order valence-corrected chi connectivity index (χ2v) is 9.28. The van der Waals surface area contributed by atoms with E-state index in [0.717, 1.165) is 0 Å². The van der Waals surface area contributed by atoms with Crippen molar-refractivity contribution in [3.63, 3.8) is 0 Å². The Bertz CT molecular complexity index is 1100. The number of aromatic nitrogens is 1. The van der Waals surface area contributed by atoms with Gasteiger partial charge in [0, 0.05) is 19.2 Å². The number of aromatic amines is 1. The van der Waals surface area contributed by atoms with E-state index in [2.05, 4.69) is 4.98 Å². The van der Waals surface area contributed by atoms with Gasteiger partial charge >= 0.3 is 11.7 Å². The quantitative estimate of drug-likeness (QED) is 0.612. The fourth-order valence-electron chi connectivity index (χ4n) is 4.29.